The molecule has 0 saturated carbocycles. The number of rotatable bonds is 23. The van der Waals surface area contributed by atoms with Crippen LogP contribution in [0, 0.1) is 0 Å². The summed E-state index contributed by atoms with van der Waals surface area (Å²) in [5.74, 6) is 0. The molecule has 0 N–H and O–H groups in total. The molecule has 0 unspecified atom stereocenters. The fourth-order valence-electron chi connectivity index (χ4n) is 3.72. The zero-order valence-corrected chi connectivity index (χ0v) is 20.9. The fourth-order valence-corrected chi connectivity index (χ4v) is 6.42. The minimum Gasteiger partial charge on any atom is -0.374 e. The molecular weight excluding hydrogens is 364 g/mol. The van der Waals surface area contributed by atoms with E-state index < -0.39 is 8.80 Å². The molecule has 0 aromatic heterocycles. The topological polar surface area (TPSA) is 27.7 Å². The van der Waals surface area contributed by atoms with E-state index in [0.717, 1.165) is 19.1 Å². The molecule has 0 atom stereocenters. The van der Waals surface area contributed by atoms with Crippen LogP contribution >= 0.6 is 0 Å². The van der Waals surface area contributed by atoms with Gasteiger partial charge in [-0.1, -0.05) is 104 Å². The van der Waals surface area contributed by atoms with Crippen molar-refractivity contribution in [3.05, 3.63) is 0 Å². The Morgan fingerprint density at radius 3 is 1.25 bits per heavy atom. The van der Waals surface area contributed by atoms with Crippen molar-refractivity contribution in [2.75, 3.05) is 19.8 Å². The third kappa shape index (κ3) is 17.0. The van der Waals surface area contributed by atoms with Gasteiger partial charge in [-0.25, -0.2) is 0 Å². The van der Waals surface area contributed by atoms with Gasteiger partial charge >= 0.3 is 8.80 Å². The minimum absolute atomic E-state index is 0.695. The predicted molar refractivity (Wildman–Crippen MR) is 125 cm³/mol. The number of unbranched alkanes of at least 4 members (excludes halogenated alkanes) is 14. The molecule has 28 heavy (non-hydrogen) atoms. The summed E-state index contributed by atoms with van der Waals surface area (Å²) in [7, 11) is -2.46. The molecule has 0 aromatic carbocycles. The number of hydrogen-bond donors (Lipinski definition) is 0. The van der Waals surface area contributed by atoms with Crippen LogP contribution in [-0.4, -0.2) is 28.6 Å². The molecule has 0 bridgehead atoms. The molecule has 0 aliphatic carbocycles. The summed E-state index contributed by atoms with van der Waals surface area (Å²) in [4.78, 5) is 0. The van der Waals surface area contributed by atoms with Gasteiger partial charge < -0.3 is 13.3 Å². The van der Waals surface area contributed by atoms with Crippen LogP contribution in [0.1, 0.15) is 130 Å². The van der Waals surface area contributed by atoms with Crippen molar-refractivity contribution in [3.8, 4) is 0 Å². The third-order valence-corrected chi connectivity index (χ3v) is 8.45. The van der Waals surface area contributed by atoms with Crippen molar-refractivity contribution in [3.63, 3.8) is 0 Å². The second-order valence-corrected chi connectivity index (χ2v) is 10.8. The Morgan fingerprint density at radius 2 is 0.821 bits per heavy atom. The lowest BCUT2D eigenvalue weighted by molar-refractivity contribution is 0.0650. The zero-order valence-electron chi connectivity index (χ0n) is 19.9. The van der Waals surface area contributed by atoms with E-state index in [9.17, 15) is 0 Å². The molecule has 0 fully saturated rings. The van der Waals surface area contributed by atoms with E-state index in [1.807, 2.05) is 0 Å². The lowest BCUT2D eigenvalue weighted by atomic mass is 10.1. The van der Waals surface area contributed by atoms with Gasteiger partial charge in [-0.3, -0.25) is 0 Å². The quantitative estimate of drug-likeness (QED) is 0.124. The average Bonchev–Trinajstić information content (AvgIpc) is 2.69. The Kier molecular flexibility index (Phi) is 21.9. The van der Waals surface area contributed by atoms with E-state index in [0.29, 0.717) is 13.2 Å². The van der Waals surface area contributed by atoms with Crippen LogP contribution in [0.2, 0.25) is 6.04 Å². The highest BCUT2D eigenvalue weighted by Crippen LogP contribution is 2.22. The first kappa shape index (κ1) is 28.1. The van der Waals surface area contributed by atoms with Crippen molar-refractivity contribution in [2.45, 2.75) is 136 Å². The van der Waals surface area contributed by atoms with Crippen LogP contribution in [0.5, 0.6) is 0 Å². The van der Waals surface area contributed by atoms with Crippen molar-refractivity contribution < 1.29 is 13.3 Å². The monoisotopic (exact) mass is 416 g/mol. The Bertz CT molecular complexity index is 294. The van der Waals surface area contributed by atoms with E-state index >= 15 is 0 Å². The molecule has 4 heteroatoms. The second kappa shape index (κ2) is 21.8. The maximum absolute atomic E-state index is 6.31. The van der Waals surface area contributed by atoms with Gasteiger partial charge in [0.1, 0.15) is 0 Å². The van der Waals surface area contributed by atoms with Crippen LogP contribution < -0.4 is 0 Å². The molecule has 0 aromatic rings. The molecule has 0 aliphatic rings. The lowest BCUT2D eigenvalue weighted by Gasteiger charge is -2.29. The second-order valence-electron chi connectivity index (χ2n) is 8.10. The third-order valence-electron chi connectivity index (χ3n) is 5.38. The molecule has 0 radical (unpaired) electrons. The van der Waals surface area contributed by atoms with Crippen LogP contribution in [0.3, 0.4) is 0 Å². The van der Waals surface area contributed by atoms with Gasteiger partial charge in [0.25, 0.3) is 0 Å². The SMILES string of the molecule is CCCCCCCCCCO[Si](CCCCCCCCCC)(OCC)OCC. The van der Waals surface area contributed by atoms with E-state index in [-0.39, 0.29) is 0 Å². The molecule has 170 valence electrons. The van der Waals surface area contributed by atoms with Crippen molar-refractivity contribution >= 4 is 8.80 Å². The van der Waals surface area contributed by atoms with E-state index in [1.54, 1.807) is 0 Å². The molecule has 0 spiro atoms. The van der Waals surface area contributed by atoms with Crippen molar-refractivity contribution in [2.24, 2.45) is 0 Å². The van der Waals surface area contributed by atoms with Gasteiger partial charge in [-0.2, -0.15) is 0 Å². The molecule has 0 aliphatic heterocycles. The molecular formula is C24H52O3Si. The average molecular weight is 417 g/mol. The first-order valence-corrected chi connectivity index (χ1v) is 14.6. The minimum atomic E-state index is -2.46. The fraction of sp³-hybridized carbons (Fsp3) is 1.00. The van der Waals surface area contributed by atoms with Gasteiger partial charge in [-0.15, -0.1) is 0 Å². The van der Waals surface area contributed by atoms with Gasteiger partial charge in [0.2, 0.25) is 0 Å². The highest BCUT2D eigenvalue weighted by molar-refractivity contribution is 6.60. The van der Waals surface area contributed by atoms with Gasteiger partial charge in [0, 0.05) is 25.9 Å². The standard InChI is InChI=1S/C24H52O3Si/c1-5-9-11-13-15-17-19-21-23-27-28(25-7-3,26-8-4)24-22-20-18-16-14-12-10-6-2/h5-24H2,1-4H3. The van der Waals surface area contributed by atoms with Crippen LogP contribution in [-0.2, 0) is 13.3 Å². The van der Waals surface area contributed by atoms with E-state index in [1.165, 1.54) is 96.3 Å². The lowest BCUT2D eigenvalue weighted by Crippen LogP contribution is -2.46. The summed E-state index contributed by atoms with van der Waals surface area (Å²) in [6, 6.07) is 0.987. The number of hydrogen-bond acceptors (Lipinski definition) is 3. The highest BCUT2D eigenvalue weighted by Gasteiger charge is 2.39. The molecule has 3 nitrogen and oxygen atoms in total. The van der Waals surface area contributed by atoms with E-state index in [4.69, 9.17) is 13.3 Å². The molecule has 0 heterocycles. The summed E-state index contributed by atoms with van der Waals surface area (Å²) in [6.45, 7) is 10.9. The smallest absolute Gasteiger partial charge is 0.374 e. The van der Waals surface area contributed by atoms with Crippen molar-refractivity contribution in [1.29, 1.82) is 0 Å². The first-order chi connectivity index (χ1) is 13.7. The molecule has 0 rings (SSSR count). The Hall–Kier alpha value is 0.0969. The predicted octanol–water partition coefficient (Wildman–Crippen LogP) is 8.30. The normalized spacial score (nSPS) is 12.0. The molecule has 0 saturated heterocycles. The maximum atomic E-state index is 6.31. The summed E-state index contributed by atoms with van der Waals surface area (Å²) in [5.41, 5.74) is 0. The van der Waals surface area contributed by atoms with Crippen LogP contribution in [0.15, 0.2) is 0 Å². The Balaban J connectivity index is 3.98. The highest BCUT2D eigenvalue weighted by atomic mass is 28.4. The summed E-state index contributed by atoms with van der Waals surface area (Å²) >= 11 is 0. The van der Waals surface area contributed by atoms with E-state index in [2.05, 4.69) is 27.7 Å². The Morgan fingerprint density at radius 1 is 0.429 bits per heavy atom. The van der Waals surface area contributed by atoms with Crippen LogP contribution in [0.25, 0.3) is 0 Å². The van der Waals surface area contributed by atoms with Crippen molar-refractivity contribution in [1.82, 2.24) is 0 Å². The van der Waals surface area contributed by atoms with Crippen LogP contribution in [0.4, 0.5) is 0 Å². The summed E-state index contributed by atoms with van der Waals surface area (Å²) < 4.78 is 18.5. The molecule has 0 amide bonds. The zero-order chi connectivity index (χ0) is 20.8. The largest absolute Gasteiger partial charge is 0.500 e. The first-order valence-electron chi connectivity index (χ1n) is 12.7. The van der Waals surface area contributed by atoms with Gasteiger partial charge in [0.15, 0.2) is 0 Å². The Labute approximate surface area is 178 Å². The van der Waals surface area contributed by atoms with Gasteiger partial charge in [0.05, 0.1) is 0 Å². The summed E-state index contributed by atoms with van der Waals surface area (Å²) in [5, 5.41) is 0. The van der Waals surface area contributed by atoms with Gasteiger partial charge in [-0.05, 0) is 26.7 Å². The summed E-state index contributed by atoms with van der Waals surface area (Å²) in [6.07, 6.45) is 21.3. The maximum Gasteiger partial charge on any atom is 0.500 e.